The van der Waals surface area contributed by atoms with Gasteiger partial charge < -0.3 is 9.79 Å². The summed E-state index contributed by atoms with van der Waals surface area (Å²) >= 11 is 0. The van der Waals surface area contributed by atoms with Gasteiger partial charge in [0.1, 0.15) is 0 Å². The summed E-state index contributed by atoms with van der Waals surface area (Å²) in [5.41, 5.74) is -0.921. The summed E-state index contributed by atoms with van der Waals surface area (Å²) < 4.78 is 10.6. The van der Waals surface area contributed by atoms with Crippen LogP contribution in [0.3, 0.4) is 0 Å². The van der Waals surface area contributed by atoms with Crippen molar-refractivity contribution in [1.29, 1.82) is 0 Å². The normalized spacial score (nSPS) is 12.1. The van der Waals surface area contributed by atoms with Crippen LogP contribution in [0, 0.1) is 0 Å². The van der Waals surface area contributed by atoms with Crippen LogP contribution in [0.1, 0.15) is 96.8 Å². The Morgan fingerprint density at radius 3 is 1.70 bits per heavy atom. The second-order valence-electron chi connectivity index (χ2n) is 6.27. The predicted molar refractivity (Wildman–Crippen MR) is 96.5 cm³/mol. The second-order valence-corrected chi connectivity index (χ2v) is 7.86. The number of hydrogen-bond acceptors (Lipinski definition) is 2. The maximum atomic E-state index is 11.0. The average Bonchev–Trinajstić information content (AvgIpc) is 2.50. The van der Waals surface area contributed by atoms with Crippen LogP contribution in [0.15, 0.2) is 12.2 Å². The quantitative estimate of drug-likeness (QED) is 0.213. The minimum atomic E-state index is -4.49. The first kappa shape index (κ1) is 22.6. The highest BCUT2D eigenvalue weighted by atomic mass is 31.2. The molecule has 0 amide bonds. The molecule has 5 heteroatoms. The number of rotatable bonds is 16. The molecule has 0 aromatic heterocycles. The second kappa shape index (κ2) is 15.1. The van der Waals surface area contributed by atoms with Gasteiger partial charge in [-0.05, 0) is 32.1 Å². The van der Waals surface area contributed by atoms with Gasteiger partial charge in [-0.2, -0.15) is 0 Å². The molecule has 4 nitrogen and oxygen atoms in total. The Labute approximate surface area is 141 Å². The van der Waals surface area contributed by atoms with E-state index in [2.05, 4.69) is 19.1 Å². The molecule has 0 unspecified atom stereocenters. The SMILES string of the molecule is CCCCCCCCC=CCCCCCCCC(=O)P(=O)(O)O. The highest BCUT2D eigenvalue weighted by molar-refractivity contribution is 7.70. The molecule has 0 saturated carbocycles. The third-order valence-corrected chi connectivity index (χ3v) is 4.85. The minimum Gasteiger partial charge on any atom is -0.319 e. The van der Waals surface area contributed by atoms with Crippen LogP contribution in [0.4, 0.5) is 0 Å². The van der Waals surface area contributed by atoms with E-state index >= 15 is 0 Å². The molecule has 136 valence electrons. The van der Waals surface area contributed by atoms with Crippen LogP contribution in [0.5, 0.6) is 0 Å². The standard InChI is InChI=1S/C18H35O4P/c1-2-3-4-5-6-7-8-9-10-11-12-13-14-15-16-17-18(19)23(20,21)22/h9-10H,2-8,11-17H2,1H3,(H2,20,21,22). The Morgan fingerprint density at radius 1 is 0.783 bits per heavy atom. The van der Waals surface area contributed by atoms with E-state index in [1.165, 1.54) is 44.9 Å². The Morgan fingerprint density at radius 2 is 1.22 bits per heavy atom. The summed E-state index contributed by atoms with van der Waals surface area (Å²) in [5.74, 6) is 0. The van der Waals surface area contributed by atoms with Crippen LogP contribution in [-0.2, 0) is 9.36 Å². The van der Waals surface area contributed by atoms with Crippen molar-refractivity contribution in [3.8, 4) is 0 Å². The van der Waals surface area contributed by atoms with Gasteiger partial charge >= 0.3 is 7.60 Å². The first-order chi connectivity index (χ1) is 11.0. The predicted octanol–water partition coefficient (Wildman–Crippen LogP) is 5.73. The monoisotopic (exact) mass is 346 g/mol. The fraction of sp³-hybridized carbons (Fsp3) is 0.833. The molecule has 2 N–H and O–H groups in total. The van der Waals surface area contributed by atoms with Gasteiger partial charge in [-0.15, -0.1) is 0 Å². The average molecular weight is 346 g/mol. The van der Waals surface area contributed by atoms with Gasteiger partial charge in [0.15, 0.2) is 0 Å². The minimum absolute atomic E-state index is 0.00242. The van der Waals surface area contributed by atoms with E-state index in [1.807, 2.05) is 0 Å². The summed E-state index contributed by atoms with van der Waals surface area (Å²) in [7, 11) is -4.49. The van der Waals surface area contributed by atoms with Crippen LogP contribution in [0.25, 0.3) is 0 Å². The summed E-state index contributed by atoms with van der Waals surface area (Å²) in [6, 6.07) is 0. The molecule has 0 aromatic carbocycles. The lowest BCUT2D eigenvalue weighted by Gasteiger charge is -2.02. The Hall–Kier alpha value is -0.440. The van der Waals surface area contributed by atoms with Gasteiger partial charge in [-0.25, -0.2) is 0 Å². The molecule has 0 spiro atoms. The van der Waals surface area contributed by atoms with Crippen LogP contribution in [0.2, 0.25) is 0 Å². The summed E-state index contributed by atoms with van der Waals surface area (Å²) in [5, 5.41) is 0. The van der Waals surface area contributed by atoms with Crippen molar-refractivity contribution in [2.75, 3.05) is 0 Å². The fourth-order valence-corrected chi connectivity index (χ4v) is 2.94. The van der Waals surface area contributed by atoms with Crippen molar-refractivity contribution in [1.82, 2.24) is 0 Å². The lowest BCUT2D eigenvalue weighted by atomic mass is 10.1. The van der Waals surface area contributed by atoms with Crippen molar-refractivity contribution < 1.29 is 19.1 Å². The van der Waals surface area contributed by atoms with E-state index < -0.39 is 13.1 Å². The first-order valence-corrected chi connectivity index (χ1v) is 10.8. The van der Waals surface area contributed by atoms with E-state index in [0.29, 0.717) is 6.42 Å². The Balaban J connectivity index is 3.25. The lowest BCUT2D eigenvalue weighted by molar-refractivity contribution is -0.113. The molecule has 0 aliphatic carbocycles. The maximum absolute atomic E-state index is 11.0. The van der Waals surface area contributed by atoms with Crippen molar-refractivity contribution in [2.45, 2.75) is 96.8 Å². The van der Waals surface area contributed by atoms with Gasteiger partial charge in [-0.1, -0.05) is 70.4 Å². The highest BCUT2D eigenvalue weighted by Gasteiger charge is 2.24. The van der Waals surface area contributed by atoms with Crippen molar-refractivity contribution in [3.05, 3.63) is 12.2 Å². The number of allylic oxidation sites excluding steroid dienone is 2. The molecule has 0 aliphatic rings. The van der Waals surface area contributed by atoms with Gasteiger partial charge in [-0.3, -0.25) is 9.36 Å². The zero-order valence-electron chi connectivity index (χ0n) is 14.7. The molecular weight excluding hydrogens is 311 g/mol. The Kier molecular flexibility index (Phi) is 14.8. The molecule has 0 aliphatic heterocycles. The highest BCUT2D eigenvalue weighted by Crippen LogP contribution is 2.37. The molecule has 0 rings (SSSR count). The molecule has 0 atom stereocenters. The van der Waals surface area contributed by atoms with Crippen LogP contribution in [-0.4, -0.2) is 15.3 Å². The smallest absolute Gasteiger partial charge is 0.319 e. The first-order valence-electron chi connectivity index (χ1n) is 9.22. The number of carbonyl (C=O) groups excluding carboxylic acids is 1. The van der Waals surface area contributed by atoms with E-state index in [-0.39, 0.29) is 6.42 Å². The number of carbonyl (C=O) groups is 1. The molecule has 0 saturated heterocycles. The van der Waals surface area contributed by atoms with Crippen molar-refractivity contribution in [2.24, 2.45) is 0 Å². The molecule has 0 aromatic rings. The van der Waals surface area contributed by atoms with E-state index in [9.17, 15) is 9.36 Å². The van der Waals surface area contributed by atoms with Crippen molar-refractivity contribution >= 4 is 13.1 Å². The largest absolute Gasteiger partial charge is 0.391 e. The summed E-state index contributed by atoms with van der Waals surface area (Å²) in [4.78, 5) is 28.3. The van der Waals surface area contributed by atoms with Gasteiger partial charge in [0, 0.05) is 6.42 Å². The van der Waals surface area contributed by atoms with Gasteiger partial charge in [0.05, 0.1) is 0 Å². The zero-order valence-corrected chi connectivity index (χ0v) is 15.6. The van der Waals surface area contributed by atoms with Crippen LogP contribution >= 0.6 is 7.60 Å². The fourth-order valence-electron chi connectivity index (χ4n) is 2.49. The zero-order chi connectivity index (χ0) is 17.4. The third-order valence-electron chi connectivity index (χ3n) is 3.98. The Bertz CT molecular complexity index is 360. The maximum Gasteiger partial charge on any atom is 0.391 e. The number of unbranched alkanes of at least 4 members (excludes halogenated alkanes) is 11. The topological polar surface area (TPSA) is 74.6 Å². The van der Waals surface area contributed by atoms with E-state index in [1.54, 1.807) is 0 Å². The molecule has 0 fully saturated rings. The molecule has 0 heterocycles. The molecule has 0 bridgehead atoms. The van der Waals surface area contributed by atoms with E-state index in [0.717, 1.165) is 32.1 Å². The van der Waals surface area contributed by atoms with Crippen molar-refractivity contribution in [3.63, 3.8) is 0 Å². The third kappa shape index (κ3) is 16.2. The van der Waals surface area contributed by atoms with E-state index in [4.69, 9.17) is 9.79 Å². The summed E-state index contributed by atoms with van der Waals surface area (Å²) in [6.45, 7) is 2.24. The molecule has 23 heavy (non-hydrogen) atoms. The van der Waals surface area contributed by atoms with Gasteiger partial charge in [0.25, 0.3) is 0 Å². The molecular formula is C18H35O4P. The lowest BCUT2D eigenvalue weighted by Crippen LogP contribution is -1.98. The van der Waals surface area contributed by atoms with Crippen LogP contribution < -0.4 is 0 Å². The molecule has 0 radical (unpaired) electrons. The van der Waals surface area contributed by atoms with Gasteiger partial charge in [0.2, 0.25) is 5.52 Å². The number of hydrogen-bond donors (Lipinski definition) is 2. The summed E-state index contributed by atoms with van der Waals surface area (Å²) in [6.07, 6.45) is 19.7.